The van der Waals surface area contributed by atoms with E-state index in [1.165, 1.54) is 6.07 Å². The average Bonchev–Trinajstić information content (AvgIpc) is 2.85. The highest BCUT2D eigenvalue weighted by Gasteiger charge is 2.15. The lowest BCUT2D eigenvalue weighted by atomic mass is 10.6. The Hall–Kier alpha value is -0.360. The summed E-state index contributed by atoms with van der Waals surface area (Å²) in [5.41, 5.74) is 0. The van der Waals surface area contributed by atoms with E-state index in [0.29, 0.717) is 23.4 Å². The molecule has 0 unspecified atom stereocenters. The lowest BCUT2D eigenvalue weighted by Crippen LogP contribution is -2.41. The molecule has 0 spiro atoms. The Morgan fingerprint density at radius 3 is 2.67 bits per heavy atom. The quantitative estimate of drug-likeness (QED) is 0.188. The molecule has 1 aromatic rings. The van der Waals surface area contributed by atoms with Crippen LogP contribution in [0.2, 0.25) is 4.34 Å². The van der Waals surface area contributed by atoms with E-state index in [1.54, 1.807) is 19.2 Å². The van der Waals surface area contributed by atoms with E-state index in [4.69, 9.17) is 11.6 Å². The van der Waals surface area contributed by atoms with Gasteiger partial charge in [-0.2, -0.15) is 0 Å². The fourth-order valence-electron chi connectivity index (χ4n) is 1.27. The number of hydrogen-bond donors (Lipinski definition) is 3. The van der Waals surface area contributed by atoms with Crippen molar-refractivity contribution in [3.8, 4) is 0 Å². The zero-order valence-corrected chi connectivity index (χ0v) is 16.1. The summed E-state index contributed by atoms with van der Waals surface area (Å²) in [6, 6.07) is 3.04. The van der Waals surface area contributed by atoms with E-state index in [2.05, 4.69) is 26.9 Å². The van der Waals surface area contributed by atoms with Crippen LogP contribution >= 0.6 is 46.9 Å². The van der Waals surface area contributed by atoms with E-state index < -0.39 is 10.0 Å². The van der Waals surface area contributed by atoms with Gasteiger partial charge in [-0.15, -0.1) is 41.9 Å². The molecule has 1 heterocycles. The minimum atomic E-state index is -3.49. The van der Waals surface area contributed by atoms with Crippen LogP contribution in [0.25, 0.3) is 0 Å². The van der Waals surface area contributed by atoms with Crippen molar-refractivity contribution in [1.29, 1.82) is 0 Å². The molecule has 1 rings (SSSR count). The molecule has 120 valence electrons. The van der Waals surface area contributed by atoms with Crippen LogP contribution < -0.4 is 15.4 Å². The maximum Gasteiger partial charge on any atom is 0.250 e. The molecule has 6 nitrogen and oxygen atoms in total. The first-order chi connectivity index (χ1) is 9.49. The molecule has 0 aliphatic carbocycles. The van der Waals surface area contributed by atoms with Gasteiger partial charge in [-0.05, 0) is 12.1 Å². The van der Waals surface area contributed by atoms with Crippen molar-refractivity contribution in [2.45, 2.75) is 4.21 Å². The highest BCUT2D eigenvalue weighted by Crippen LogP contribution is 2.24. The number of nitrogens with zero attached hydrogens (tertiary/aromatic N) is 1. The third kappa shape index (κ3) is 7.45. The zero-order valence-electron chi connectivity index (χ0n) is 11.4. The van der Waals surface area contributed by atoms with Crippen molar-refractivity contribution in [2.24, 2.45) is 4.99 Å². The third-order valence-corrected chi connectivity index (χ3v) is 5.34. The minimum absolute atomic E-state index is 0. The Kier molecular flexibility index (Phi) is 10.2. The monoisotopic (exact) mass is 464 g/mol. The largest absolute Gasteiger partial charge is 0.355 e. The Labute approximate surface area is 151 Å². The molecule has 0 bridgehead atoms. The molecule has 1 aromatic heterocycles. The number of thiophene rings is 1. The molecule has 0 atom stereocenters. The summed E-state index contributed by atoms with van der Waals surface area (Å²) < 4.78 is 26.9. The number of halogens is 2. The molecule has 0 saturated heterocycles. The second-order valence-corrected chi connectivity index (χ2v) is 7.33. The summed E-state index contributed by atoms with van der Waals surface area (Å²) in [6.07, 6.45) is 1.70. The summed E-state index contributed by atoms with van der Waals surface area (Å²) in [6.45, 7) is 4.82. The normalized spacial score (nSPS) is 11.6. The van der Waals surface area contributed by atoms with Crippen LogP contribution in [-0.4, -0.2) is 41.1 Å². The Bertz CT molecular complexity index is 575. The number of hydrogen-bond acceptors (Lipinski definition) is 4. The van der Waals surface area contributed by atoms with E-state index in [9.17, 15) is 8.42 Å². The van der Waals surface area contributed by atoms with Crippen LogP contribution in [0.5, 0.6) is 0 Å². The molecule has 0 saturated carbocycles. The SMILES string of the molecule is C=CCNC(=NC)NCCNS(=O)(=O)c1ccc(Cl)s1.I. The van der Waals surface area contributed by atoms with Gasteiger partial charge in [0.25, 0.3) is 0 Å². The number of sulfonamides is 1. The first-order valence-electron chi connectivity index (χ1n) is 5.80. The fraction of sp³-hybridized carbons (Fsp3) is 0.364. The molecule has 10 heteroatoms. The van der Waals surface area contributed by atoms with Crippen molar-refractivity contribution in [3.05, 3.63) is 29.1 Å². The van der Waals surface area contributed by atoms with Gasteiger partial charge in [-0.3, -0.25) is 4.99 Å². The maximum absolute atomic E-state index is 11.9. The molecule has 0 amide bonds. The van der Waals surface area contributed by atoms with Crippen molar-refractivity contribution < 1.29 is 8.42 Å². The molecular formula is C11H18ClIN4O2S2. The second kappa shape index (κ2) is 10.4. The molecule has 0 aliphatic heterocycles. The van der Waals surface area contributed by atoms with Gasteiger partial charge in [0.1, 0.15) is 4.21 Å². The van der Waals surface area contributed by atoms with Crippen molar-refractivity contribution in [2.75, 3.05) is 26.7 Å². The van der Waals surface area contributed by atoms with Crippen LogP contribution in [0.15, 0.2) is 34.0 Å². The Morgan fingerprint density at radius 1 is 1.43 bits per heavy atom. The number of guanidine groups is 1. The molecular weight excluding hydrogens is 447 g/mol. The molecule has 21 heavy (non-hydrogen) atoms. The van der Waals surface area contributed by atoms with Crippen LogP contribution in [0.3, 0.4) is 0 Å². The van der Waals surface area contributed by atoms with Crippen LogP contribution in [0.1, 0.15) is 0 Å². The first-order valence-corrected chi connectivity index (χ1v) is 8.48. The van der Waals surface area contributed by atoms with Gasteiger partial charge in [0.15, 0.2) is 5.96 Å². The lowest BCUT2D eigenvalue weighted by Gasteiger charge is -2.10. The zero-order chi connectivity index (χ0) is 15.0. The highest BCUT2D eigenvalue weighted by molar-refractivity contribution is 14.0. The summed E-state index contributed by atoms with van der Waals surface area (Å²) in [5.74, 6) is 0.586. The van der Waals surface area contributed by atoms with Crippen molar-refractivity contribution >= 4 is 62.9 Å². The first kappa shape index (κ1) is 20.6. The topological polar surface area (TPSA) is 82.6 Å². The predicted molar refractivity (Wildman–Crippen MR) is 99.5 cm³/mol. The average molecular weight is 465 g/mol. The molecule has 0 aromatic carbocycles. The predicted octanol–water partition coefficient (Wildman–Crippen LogP) is 1.65. The van der Waals surface area contributed by atoms with Crippen molar-refractivity contribution in [1.82, 2.24) is 15.4 Å². The lowest BCUT2D eigenvalue weighted by molar-refractivity contribution is 0.582. The van der Waals surface area contributed by atoms with E-state index >= 15 is 0 Å². The minimum Gasteiger partial charge on any atom is -0.355 e. The summed E-state index contributed by atoms with van der Waals surface area (Å²) >= 11 is 6.74. The molecule has 0 aliphatic rings. The van der Waals surface area contributed by atoms with Gasteiger partial charge in [-0.25, -0.2) is 13.1 Å². The summed E-state index contributed by atoms with van der Waals surface area (Å²) in [7, 11) is -1.86. The van der Waals surface area contributed by atoms with Gasteiger partial charge >= 0.3 is 0 Å². The van der Waals surface area contributed by atoms with Crippen LogP contribution in [-0.2, 0) is 10.0 Å². The summed E-state index contributed by atoms with van der Waals surface area (Å²) in [5, 5.41) is 5.95. The van der Waals surface area contributed by atoms with Crippen molar-refractivity contribution in [3.63, 3.8) is 0 Å². The van der Waals surface area contributed by atoms with Crippen LogP contribution in [0, 0.1) is 0 Å². The van der Waals surface area contributed by atoms with Crippen LogP contribution in [0.4, 0.5) is 0 Å². The number of rotatable bonds is 7. The smallest absolute Gasteiger partial charge is 0.250 e. The van der Waals surface area contributed by atoms with E-state index in [-0.39, 0.29) is 34.7 Å². The fourth-order valence-corrected chi connectivity index (χ4v) is 3.83. The number of nitrogens with one attached hydrogen (secondary N) is 3. The molecule has 0 fully saturated rings. The van der Waals surface area contributed by atoms with Gasteiger partial charge in [0, 0.05) is 26.7 Å². The van der Waals surface area contributed by atoms with E-state index in [0.717, 1.165) is 11.3 Å². The maximum atomic E-state index is 11.9. The second-order valence-electron chi connectivity index (χ2n) is 3.62. The van der Waals surface area contributed by atoms with Gasteiger partial charge in [0.05, 0.1) is 4.34 Å². The highest BCUT2D eigenvalue weighted by atomic mass is 127. The summed E-state index contributed by atoms with van der Waals surface area (Å²) in [4.78, 5) is 3.98. The van der Waals surface area contributed by atoms with Gasteiger partial charge in [-0.1, -0.05) is 17.7 Å². The molecule has 3 N–H and O–H groups in total. The standard InChI is InChI=1S/C11H17ClN4O2S2.HI/c1-3-6-14-11(13-2)15-7-8-16-20(17,18)10-5-4-9(12)19-10;/h3-5,16H,1,6-8H2,2H3,(H2,13,14,15);1H. The Balaban J connectivity index is 0.00000400. The molecule has 0 radical (unpaired) electrons. The van der Waals surface area contributed by atoms with E-state index in [1.807, 2.05) is 0 Å². The number of aliphatic imine (C=N–C) groups is 1. The third-order valence-electron chi connectivity index (χ3n) is 2.16. The Morgan fingerprint density at radius 2 is 2.14 bits per heavy atom. The van der Waals surface area contributed by atoms with Gasteiger partial charge < -0.3 is 10.6 Å². The van der Waals surface area contributed by atoms with Gasteiger partial charge in [0.2, 0.25) is 10.0 Å².